The SMILES string of the molecule is Cc1ccc(NC(=O)C2CCN(c3ccc(C#N)c(Cl)c3)CC2)cn1. The second-order valence-corrected chi connectivity index (χ2v) is 6.62. The summed E-state index contributed by atoms with van der Waals surface area (Å²) in [7, 11) is 0. The standard InChI is InChI=1S/C19H19ClN4O/c1-13-2-4-16(12-22-13)23-19(25)14-6-8-24(9-7-14)17-5-3-15(11-21)18(20)10-17/h2-5,10,12,14H,6-9H2,1H3,(H,23,25). The number of hydrogen-bond donors (Lipinski definition) is 1. The van der Waals surface area contributed by atoms with Gasteiger partial charge in [-0.05, 0) is 50.1 Å². The van der Waals surface area contributed by atoms with E-state index in [-0.39, 0.29) is 11.8 Å². The number of carbonyl (C=O) groups is 1. The quantitative estimate of drug-likeness (QED) is 0.910. The van der Waals surface area contributed by atoms with Gasteiger partial charge in [0.25, 0.3) is 0 Å². The molecule has 1 aromatic heterocycles. The van der Waals surface area contributed by atoms with Gasteiger partial charge >= 0.3 is 0 Å². The number of anilines is 2. The second-order valence-electron chi connectivity index (χ2n) is 6.21. The van der Waals surface area contributed by atoms with Crippen LogP contribution in [0.2, 0.25) is 5.02 Å². The summed E-state index contributed by atoms with van der Waals surface area (Å²) in [5.41, 5.74) is 3.13. The Hall–Kier alpha value is -2.58. The molecule has 1 aliphatic rings. The van der Waals surface area contributed by atoms with Crippen LogP contribution in [0.3, 0.4) is 0 Å². The lowest BCUT2D eigenvalue weighted by Gasteiger charge is -2.33. The molecule has 1 fully saturated rings. The molecule has 0 aliphatic carbocycles. The average molecular weight is 355 g/mol. The van der Waals surface area contributed by atoms with Crippen LogP contribution in [0.1, 0.15) is 24.1 Å². The molecule has 2 aromatic rings. The molecule has 2 heterocycles. The van der Waals surface area contributed by atoms with Gasteiger partial charge in [0.2, 0.25) is 5.91 Å². The number of aromatic nitrogens is 1. The highest BCUT2D eigenvalue weighted by Crippen LogP contribution is 2.28. The van der Waals surface area contributed by atoms with Gasteiger partial charge in [-0.15, -0.1) is 0 Å². The second kappa shape index (κ2) is 7.54. The predicted molar refractivity (Wildman–Crippen MR) is 98.7 cm³/mol. The maximum atomic E-state index is 12.4. The zero-order valence-corrected chi connectivity index (χ0v) is 14.8. The Kier molecular flexibility index (Phi) is 5.20. The van der Waals surface area contributed by atoms with Gasteiger partial charge in [0.05, 0.1) is 22.5 Å². The number of halogens is 1. The molecule has 1 aliphatic heterocycles. The lowest BCUT2D eigenvalue weighted by molar-refractivity contribution is -0.120. The number of rotatable bonds is 3. The van der Waals surface area contributed by atoms with Crippen LogP contribution >= 0.6 is 11.6 Å². The molecule has 1 amide bonds. The summed E-state index contributed by atoms with van der Waals surface area (Å²) in [6.07, 6.45) is 3.24. The first-order valence-electron chi connectivity index (χ1n) is 8.25. The molecule has 1 aromatic carbocycles. The molecule has 0 bridgehead atoms. The molecule has 0 spiro atoms. The minimum absolute atomic E-state index is 0.00796. The van der Waals surface area contributed by atoms with Crippen molar-refractivity contribution in [3.8, 4) is 6.07 Å². The van der Waals surface area contributed by atoms with Crippen LogP contribution in [-0.4, -0.2) is 24.0 Å². The van der Waals surface area contributed by atoms with Crippen molar-refractivity contribution in [2.75, 3.05) is 23.3 Å². The first-order chi connectivity index (χ1) is 12.1. The number of aryl methyl sites for hydroxylation is 1. The number of hydrogen-bond acceptors (Lipinski definition) is 4. The Labute approximate surface area is 152 Å². The Morgan fingerprint density at radius 1 is 1.32 bits per heavy atom. The first kappa shape index (κ1) is 17.2. The third-order valence-electron chi connectivity index (χ3n) is 4.48. The summed E-state index contributed by atoms with van der Waals surface area (Å²) in [4.78, 5) is 18.8. The lowest BCUT2D eigenvalue weighted by atomic mass is 9.95. The van der Waals surface area contributed by atoms with Crippen LogP contribution in [0.15, 0.2) is 36.5 Å². The van der Waals surface area contributed by atoms with E-state index in [1.54, 1.807) is 12.3 Å². The third-order valence-corrected chi connectivity index (χ3v) is 4.80. The number of benzene rings is 1. The van der Waals surface area contributed by atoms with Gasteiger partial charge in [0, 0.05) is 30.4 Å². The zero-order chi connectivity index (χ0) is 17.8. The first-order valence-corrected chi connectivity index (χ1v) is 8.63. The van der Waals surface area contributed by atoms with Gasteiger partial charge in [-0.25, -0.2) is 0 Å². The van der Waals surface area contributed by atoms with E-state index in [9.17, 15) is 4.79 Å². The number of nitrogens with one attached hydrogen (secondary N) is 1. The van der Waals surface area contributed by atoms with Crippen LogP contribution in [0, 0.1) is 24.2 Å². The van der Waals surface area contributed by atoms with E-state index in [2.05, 4.69) is 21.3 Å². The topological polar surface area (TPSA) is 69.0 Å². The van der Waals surface area contributed by atoms with E-state index in [1.165, 1.54) is 0 Å². The summed E-state index contributed by atoms with van der Waals surface area (Å²) >= 11 is 6.11. The van der Waals surface area contributed by atoms with Crippen molar-refractivity contribution in [2.24, 2.45) is 5.92 Å². The van der Waals surface area contributed by atoms with Crippen LogP contribution in [0.4, 0.5) is 11.4 Å². The maximum Gasteiger partial charge on any atom is 0.227 e. The monoisotopic (exact) mass is 354 g/mol. The molecule has 1 N–H and O–H groups in total. The number of piperidine rings is 1. The molecule has 0 unspecified atom stereocenters. The molecule has 3 rings (SSSR count). The third kappa shape index (κ3) is 4.09. The average Bonchev–Trinajstić information content (AvgIpc) is 2.63. The van der Waals surface area contributed by atoms with Crippen molar-refractivity contribution in [3.05, 3.63) is 52.8 Å². The van der Waals surface area contributed by atoms with E-state index in [0.29, 0.717) is 10.6 Å². The number of pyridine rings is 1. The Balaban J connectivity index is 1.58. The molecule has 5 nitrogen and oxygen atoms in total. The summed E-state index contributed by atoms with van der Waals surface area (Å²) in [5, 5.41) is 12.4. The molecular formula is C19H19ClN4O. The van der Waals surface area contributed by atoms with Gasteiger partial charge in [-0.3, -0.25) is 9.78 Å². The lowest BCUT2D eigenvalue weighted by Crippen LogP contribution is -2.38. The normalized spacial score (nSPS) is 14.8. The molecule has 128 valence electrons. The van der Waals surface area contributed by atoms with E-state index >= 15 is 0 Å². The van der Waals surface area contributed by atoms with E-state index in [0.717, 1.165) is 43.0 Å². The van der Waals surface area contributed by atoms with Crippen LogP contribution < -0.4 is 10.2 Å². The Bertz CT molecular complexity index is 805. The maximum absolute atomic E-state index is 12.4. The number of carbonyl (C=O) groups excluding carboxylic acids is 1. The molecule has 1 saturated heterocycles. The summed E-state index contributed by atoms with van der Waals surface area (Å²) < 4.78 is 0. The summed E-state index contributed by atoms with van der Waals surface area (Å²) in [5.74, 6) is 0.0366. The smallest absolute Gasteiger partial charge is 0.227 e. The number of nitriles is 1. The van der Waals surface area contributed by atoms with E-state index in [1.807, 2.05) is 31.2 Å². The van der Waals surface area contributed by atoms with Crippen molar-refractivity contribution in [1.29, 1.82) is 5.26 Å². The largest absolute Gasteiger partial charge is 0.371 e. The van der Waals surface area contributed by atoms with Gasteiger partial charge in [-0.2, -0.15) is 5.26 Å². The van der Waals surface area contributed by atoms with Crippen molar-refractivity contribution in [1.82, 2.24) is 4.98 Å². The van der Waals surface area contributed by atoms with Crippen molar-refractivity contribution in [2.45, 2.75) is 19.8 Å². The Morgan fingerprint density at radius 2 is 2.08 bits per heavy atom. The van der Waals surface area contributed by atoms with Gasteiger partial charge in [-0.1, -0.05) is 11.6 Å². The molecule has 0 atom stereocenters. The molecular weight excluding hydrogens is 336 g/mol. The fourth-order valence-electron chi connectivity index (χ4n) is 2.98. The van der Waals surface area contributed by atoms with Crippen molar-refractivity contribution in [3.63, 3.8) is 0 Å². The summed E-state index contributed by atoms with van der Waals surface area (Å²) in [6.45, 7) is 3.48. The van der Waals surface area contributed by atoms with Gasteiger partial charge in [0.15, 0.2) is 0 Å². The van der Waals surface area contributed by atoms with E-state index < -0.39 is 0 Å². The molecule has 6 heteroatoms. The highest BCUT2D eigenvalue weighted by molar-refractivity contribution is 6.32. The van der Waals surface area contributed by atoms with Crippen LogP contribution in [-0.2, 0) is 4.79 Å². The van der Waals surface area contributed by atoms with Crippen LogP contribution in [0.5, 0.6) is 0 Å². The fraction of sp³-hybridized carbons (Fsp3) is 0.316. The van der Waals surface area contributed by atoms with Crippen molar-refractivity contribution < 1.29 is 4.79 Å². The fourth-order valence-corrected chi connectivity index (χ4v) is 3.19. The highest BCUT2D eigenvalue weighted by atomic mass is 35.5. The minimum Gasteiger partial charge on any atom is -0.371 e. The van der Waals surface area contributed by atoms with Crippen molar-refractivity contribution >= 4 is 28.9 Å². The van der Waals surface area contributed by atoms with Gasteiger partial charge in [0.1, 0.15) is 6.07 Å². The number of nitrogens with zero attached hydrogens (tertiary/aromatic N) is 3. The minimum atomic E-state index is -0.00796. The molecule has 0 radical (unpaired) electrons. The van der Waals surface area contributed by atoms with Gasteiger partial charge < -0.3 is 10.2 Å². The molecule has 25 heavy (non-hydrogen) atoms. The molecule has 0 saturated carbocycles. The van der Waals surface area contributed by atoms with E-state index in [4.69, 9.17) is 16.9 Å². The van der Waals surface area contributed by atoms with Crippen LogP contribution in [0.25, 0.3) is 0 Å². The summed E-state index contributed by atoms with van der Waals surface area (Å²) in [6, 6.07) is 11.3. The highest BCUT2D eigenvalue weighted by Gasteiger charge is 2.25. The zero-order valence-electron chi connectivity index (χ0n) is 14.0. The Morgan fingerprint density at radius 3 is 2.68 bits per heavy atom. The number of amides is 1. The predicted octanol–water partition coefficient (Wildman–Crippen LogP) is 3.77.